The van der Waals surface area contributed by atoms with Crippen LogP contribution in [-0.2, 0) is 6.42 Å². The van der Waals surface area contributed by atoms with Crippen LogP contribution in [0.5, 0.6) is 46.0 Å². The number of benzene rings is 5. The zero-order chi connectivity index (χ0) is 34.1. The molecule has 0 bridgehead atoms. The predicted octanol–water partition coefficient (Wildman–Crippen LogP) is 7.38. The molecular weight excluding hydrogens is 616 g/mol. The molecule has 0 amide bonds. The van der Waals surface area contributed by atoms with Gasteiger partial charge in [-0.2, -0.15) is 0 Å². The maximum atomic E-state index is 12.9. The molecule has 0 radical (unpaired) electrons. The Morgan fingerprint density at radius 2 is 1.27 bits per heavy atom. The van der Waals surface area contributed by atoms with E-state index in [1.807, 2.05) is 48.5 Å². The van der Waals surface area contributed by atoms with Crippen molar-refractivity contribution in [2.75, 3.05) is 56.9 Å². The first-order chi connectivity index (χ1) is 23.3. The molecule has 10 nitrogen and oxygen atoms in total. The van der Waals surface area contributed by atoms with E-state index in [-0.39, 0.29) is 11.2 Å². The van der Waals surface area contributed by atoms with Crippen molar-refractivity contribution in [1.82, 2.24) is 0 Å². The molecule has 0 saturated heterocycles. The number of hydrogen-bond acceptors (Lipinski definition) is 10. The minimum atomic E-state index is -0.295. The van der Waals surface area contributed by atoms with Crippen molar-refractivity contribution in [3.05, 3.63) is 82.0 Å². The van der Waals surface area contributed by atoms with Gasteiger partial charge < -0.3 is 42.3 Å². The number of methoxy groups -OCH3 is 8. The van der Waals surface area contributed by atoms with E-state index in [2.05, 4.69) is 0 Å². The summed E-state index contributed by atoms with van der Waals surface area (Å²) in [4.78, 5) is 12.9. The summed E-state index contributed by atoms with van der Waals surface area (Å²) in [7, 11) is 12.6. The Labute approximate surface area is 277 Å². The lowest BCUT2D eigenvalue weighted by atomic mass is 9.86. The zero-order valence-corrected chi connectivity index (χ0v) is 28.1. The fourth-order valence-electron chi connectivity index (χ4n) is 6.29. The second-order valence-electron chi connectivity index (χ2n) is 10.9. The SMILES string of the molecule is COc1ccc(-c2c(Cc3ccc(OC)c(OC)c3)c3oc4cc(=O)c(OC)cc-4cc3c3c(OC)c(OC)c(OC)cc23)c(OC)c1. The maximum Gasteiger partial charge on any atom is 0.224 e. The van der Waals surface area contributed by atoms with Crippen LogP contribution in [0.3, 0.4) is 0 Å². The highest BCUT2D eigenvalue weighted by Gasteiger charge is 2.28. The van der Waals surface area contributed by atoms with E-state index in [1.54, 1.807) is 55.8 Å². The number of rotatable bonds is 11. The molecule has 2 aliphatic rings. The molecular formula is C38H36O10. The summed E-state index contributed by atoms with van der Waals surface area (Å²) < 4.78 is 52.5. The highest BCUT2D eigenvalue weighted by molar-refractivity contribution is 6.19. The molecule has 6 rings (SSSR count). The molecule has 0 saturated carbocycles. The molecule has 0 spiro atoms. The summed E-state index contributed by atoms with van der Waals surface area (Å²) in [6.07, 6.45) is 0.392. The van der Waals surface area contributed by atoms with Crippen molar-refractivity contribution in [3.8, 4) is 68.4 Å². The standard InChI is InChI=1S/C38H36O10/c1-40-22-10-11-23(30(17-22)42-3)34-24-18-33(45-6)37(46-7)38(47-8)35(24)26-15-21-16-31(43-4)27(39)19-29(21)48-36(26)25(34)13-20-9-12-28(41-2)32(14-20)44-5/h9-12,14-19H,13H2,1-8H3. The van der Waals surface area contributed by atoms with Gasteiger partial charge in [-0.1, -0.05) is 6.07 Å². The molecule has 1 heterocycles. The topological polar surface area (TPSA) is 104 Å². The molecule has 0 fully saturated rings. The van der Waals surface area contributed by atoms with Crippen molar-refractivity contribution in [2.45, 2.75) is 6.42 Å². The van der Waals surface area contributed by atoms with Crippen LogP contribution in [0, 0.1) is 0 Å². The smallest absolute Gasteiger partial charge is 0.224 e. The minimum absolute atomic E-state index is 0.206. The first-order valence-corrected chi connectivity index (χ1v) is 15.0. The second-order valence-corrected chi connectivity index (χ2v) is 10.9. The molecule has 4 aromatic rings. The third-order valence-corrected chi connectivity index (χ3v) is 8.50. The normalized spacial score (nSPS) is 11.1. The molecule has 248 valence electrons. The lowest BCUT2D eigenvalue weighted by molar-refractivity contribution is 0.327. The Morgan fingerprint density at radius 1 is 0.562 bits per heavy atom. The maximum absolute atomic E-state index is 12.9. The van der Waals surface area contributed by atoms with Gasteiger partial charge in [0.1, 0.15) is 22.8 Å². The van der Waals surface area contributed by atoms with Crippen molar-refractivity contribution in [1.29, 1.82) is 0 Å². The minimum Gasteiger partial charge on any atom is -0.497 e. The van der Waals surface area contributed by atoms with Gasteiger partial charge in [-0.3, -0.25) is 4.79 Å². The first kappa shape index (κ1) is 32.2. The molecule has 0 atom stereocenters. The van der Waals surface area contributed by atoms with Crippen LogP contribution < -0.4 is 43.3 Å². The van der Waals surface area contributed by atoms with Gasteiger partial charge in [-0.15, -0.1) is 0 Å². The Kier molecular flexibility index (Phi) is 8.82. The third kappa shape index (κ3) is 5.29. The summed E-state index contributed by atoms with van der Waals surface area (Å²) in [6.45, 7) is 0. The van der Waals surface area contributed by atoms with Gasteiger partial charge in [-0.25, -0.2) is 0 Å². The Hall–Kier alpha value is -5.77. The molecule has 48 heavy (non-hydrogen) atoms. The Morgan fingerprint density at radius 3 is 1.92 bits per heavy atom. The van der Waals surface area contributed by atoms with Crippen LogP contribution >= 0.6 is 0 Å². The van der Waals surface area contributed by atoms with Crippen LogP contribution in [0.25, 0.3) is 44.2 Å². The van der Waals surface area contributed by atoms with E-state index in [4.69, 9.17) is 42.3 Å². The van der Waals surface area contributed by atoms with E-state index >= 15 is 0 Å². The van der Waals surface area contributed by atoms with Crippen LogP contribution in [0.2, 0.25) is 0 Å². The van der Waals surface area contributed by atoms with E-state index < -0.39 is 0 Å². The summed E-state index contributed by atoms with van der Waals surface area (Å²) in [5, 5.41) is 2.23. The van der Waals surface area contributed by atoms with Gasteiger partial charge >= 0.3 is 0 Å². The lowest BCUT2D eigenvalue weighted by Gasteiger charge is -2.23. The number of fused-ring (bicyclic) bond motifs is 4. The van der Waals surface area contributed by atoms with Crippen molar-refractivity contribution < 1.29 is 42.3 Å². The molecule has 1 aliphatic heterocycles. The highest BCUT2D eigenvalue weighted by Crippen LogP contribution is 2.53. The second kappa shape index (κ2) is 13.2. The summed E-state index contributed by atoms with van der Waals surface area (Å²) in [5.74, 6) is 4.34. The van der Waals surface area contributed by atoms with Gasteiger partial charge in [0.2, 0.25) is 11.2 Å². The van der Waals surface area contributed by atoms with Gasteiger partial charge in [-0.05, 0) is 53.4 Å². The lowest BCUT2D eigenvalue weighted by Crippen LogP contribution is -2.06. The van der Waals surface area contributed by atoms with Crippen molar-refractivity contribution >= 4 is 21.7 Å². The zero-order valence-electron chi connectivity index (χ0n) is 28.1. The van der Waals surface area contributed by atoms with Gasteiger partial charge in [0.25, 0.3) is 0 Å². The van der Waals surface area contributed by atoms with Crippen molar-refractivity contribution in [2.24, 2.45) is 0 Å². The van der Waals surface area contributed by atoms with Gasteiger partial charge in [0.15, 0.2) is 28.7 Å². The highest BCUT2D eigenvalue weighted by atomic mass is 16.5. The molecule has 0 unspecified atom stereocenters. The molecule has 4 aromatic carbocycles. The fraction of sp³-hybridized carbons (Fsp3) is 0.237. The van der Waals surface area contributed by atoms with Crippen molar-refractivity contribution in [3.63, 3.8) is 0 Å². The largest absolute Gasteiger partial charge is 0.497 e. The fourth-order valence-corrected chi connectivity index (χ4v) is 6.29. The molecule has 0 aromatic heterocycles. The van der Waals surface area contributed by atoms with E-state index in [1.165, 1.54) is 13.2 Å². The monoisotopic (exact) mass is 652 g/mol. The van der Waals surface area contributed by atoms with Crippen LogP contribution in [0.1, 0.15) is 11.1 Å². The van der Waals surface area contributed by atoms with E-state index in [0.29, 0.717) is 69.0 Å². The van der Waals surface area contributed by atoms with Gasteiger partial charge in [0.05, 0.1) is 56.9 Å². The Bertz CT molecular complexity index is 2180. The first-order valence-electron chi connectivity index (χ1n) is 15.0. The van der Waals surface area contributed by atoms with Crippen LogP contribution in [-0.4, -0.2) is 56.9 Å². The quantitative estimate of drug-likeness (QED) is 0.104. The van der Waals surface area contributed by atoms with E-state index in [9.17, 15) is 4.79 Å². The molecule has 10 heteroatoms. The summed E-state index contributed by atoms with van der Waals surface area (Å²) in [5.41, 5.74) is 4.21. The summed E-state index contributed by atoms with van der Waals surface area (Å²) in [6, 6.07) is 18.4. The Balaban J connectivity index is 1.87. The van der Waals surface area contributed by atoms with Gasteiger partial charge in [0, 0.05) is 51.6 Å². The average molecular weight is 653 g/mol. The summed E-state index contributed by atoms with van der Waals surface area (Å²) >= 11 is 0. The van der Waals surface area contributed by atoms with Crippen LogP contribution in [0.15, 0.2) is 69.9 Å². The third-order valence-electron chi connectivity index (χ3n) is 8.50. The number of ether oxygens (including phenoxy) is 8. The molecule has 1 aliphatic carbocycles. The van der Waals surface area contributed by atoms with Crippen LogP contribution in [0.4, 0.5) is 0 Å². The predicted molar refractivity (Wildman–Crippen MR) is 184 cm³/mol. The number of hydrogen-bond donors (Lipinski definition) is 0. The molecule has 0 N–H and O–H groups in total. The average Bonchev–Trinajstić information content (AvgIpc) is 3.12. The van der Waals surface area contributed by atoms with E-state index in [0.717, 1.165) is 33.0 Å².